The zero-order chi connectivity index (χ0) is 43.5. The van der Waals surface area contributed by atoms with Gasteiger partial charge in [-0.25, -0.2) is 15.0 Å². The van der Waals surface area contributed by atoms with E-state index in [1.54, 1.807) is 0 Å². The van der Waals surface area contributed by atoms with Gasteiger partial charge in [0, 0.05) is 33.2 Å². The van der Waals surface area contributed by atoms with Gasteiger partial charge in [0.25, 0.3) is 0 Å². The molecule has 9 aromatic carbocycles. The van der Waals surface area contributed by atoms with Crippen LogP contribution in [-0.4, -0.2) is 19.5 Å². The molecule has 0 saturated heterocycles. The first-order valence-electron chi connectivity index (χ1n) is 22.0. The lowest BCUT2D eigenvalue weighted by Crippen LogP contribution is -2.01. The molecule has 0 bridgehead atoms. The summed E-state index contributed by atoms with van der Waals surface area (Å²) in [5, 5.41) is 4.55. The van der Waals surface area contributed by atoms with E-state index in [2.05, 4.69) is 132 Å². The summed E-state index contributed by atoms with van der Waals surface area (Å²) in [5.41, 5.74) is 10.7. The van der Waals surface area contributed by atoms with Crippen LogP contribution in [0.25, 0.3) is 106 Å². The Bertz CT molecular complexity index is 3520. The van der Waals surface area contributed by atoms with E-state index in [-0.39, 0.29) is 29.7 Å². The molecule has 11 aromatic rings. The van der Waals surface area contributed by atoms with E-state index in [4.69, 9.17) is 21.8 Å². The summed E-state index contributed by atoms with van der Waals surface area (Å²) >= 11 is 0. The van der Waals surface area contributed by atoms with E-state index in [1.807, 2.05) is 60.7 Å². The topological polar surface area (TPSA) is 43.6 Å². The molecule has 59 heavy (non-hydrogen) atoms. The van der Waals surface area contributed by atoms with Crippen molar-refractivity contribution in [3.8, 4) is 73.2 Å². The molecule has 0 aliphatic heterocycles. The van der Waals surface area contributed by atoms with Crippen molar-refractivity contribution in [1.82, 2.24) is 19.5 Å². The van der Waals surface area contributed by atoms with Crippen LogP contribution in [0, 0.1) is 0 Å². The summed E-state index contributed by atoms with van der Waals surface area (Å²) < 4.78 is 43.6. The Morgan fingerprint density at radius 1 is 0.356 bits per heavy atom. The van der Waals surface area contributed by atoms with Crippen LogP contribution in [0.1, 0.15) is 6.85 Å². The van der Waals surface area contributed by atoms with Crippen molar-refractivity contribution in [2.75, 3.05) is 0 Å². The van der Waals surface area contributed by atoms with Crippen molar-refractivity contribution in [3.63, 3.8) is 0 Å². The third kappa shape index (κ3) is 6.24. The quantitative estimate of drug-likeness (QED) is 0.163. The van der Waals surface area contributed by atoms with E-state index < -0.39 is 6.04 Å². The fourth-order valence-corrected chi connectivity index (χ4v) is 8.17. The van der Waals surface area contributed by atoms with Crippen LogP contribution in [0.2, 0.25) is 0 Å². The van der Waals surface area contributed by atoms with Crippen LogP contribution in [0.15, 0.2) is 218 Å². The molecule has 276 valence electrons. The second-order valence-electron chi connectivity index (χ2n) is 14.5. The SMILES string of the molecule is [2H]c1c([2H])c([2H])c(-c2ccc(-c3cccc4cccc(-c5ccc(-c6nc(-c7ccccc7)nc(-c7cccc(-n8c9ccccc9c9ccccc98)c7)n6)cc5)c34)cc2)c([2H])c1[2H]. The zero-order valence-electron chi connectivity index (χ0n) is 36.7. The molecule has 0 amide bonds. The number of nitrogens with zero attached hydrogens (tertiary/aromatic N) is 4. The molecule has 0 aliphatic carbocycles. The minimum atomic E-state index is -0.403. The van der Waals surface area contributed by atoms with Crippen LogP contribution < -0.4 is 0 Å². The second-order valence-corrected chi connectivity index (χ2v) is 14.5. The number of rotatable bonds is 7. The minimum Gasteiger partial charge on any atom is -0.309 e. The summed E-state index contributed by atoms with van der Waals surface area (Å²) in [6, 6.07) is 62.2. The normalized spacial score (nSPS) is 12.6. The van der Waals surface area contributed by atoms with Gasteiger partial charge in [-0.15, -0.1) is 0 Å². The van der Waals surface area contributed by atoms with E-state index in [0.29, 0.717) is 23.0 Å². The average Bonchev–Trinajstić information content (AvgIpc) is 3.70. The van der Waals surface area contributed by atoms with Crippen molar-refractivity contribution >= 4 is 32.6 Å². The van der Waals surface area contributed by atoms with Gasteiger partial charge in [0.1, 0.15) is 0 Å². The number of hydrogen-bond acceptors (Lipinski definition) is 3. The first kappa shape index (κ1) is 29.3. The number of hydrogen-bond donors (Lipinski definition) is 0. The van der Waals surface area contributed by atoms with Crippen LogP contribution in [0.4, 0.5) is 0 Å². The van der Waals surface area contributed by atoms with Crippen LogP contribution in [0.5, 0.6) is 0 Å². The van der Waals surface area contributed by atoms with E-state index in [1.165, 1.54) is 10.8 Å². The first-order chi connectivity index (χ1) is 31.3. The van der Waals surface area contributed by atoms with Crippen LogP contribution in [-0.2, 0) is 0 Å². The molecule has 0 saturated carbocycles. The zero-order valence-corrected chi connectivity index (χ0v) is 31.7. The number of para-hydroxylation sites is 2. The molecule has 0 unspecified atom stereocenters. The van der Waals surface area contributed by atoms with Crippen LogP contribution >= 0.6 is 0 Å². The summed E-state index contributed by atoms with van der Waals surface area (Å²) in [5.74, 6) is 1.73. The van der Waals surface area contributed by atoms with Crippen molar-refractivity contribution in [2.24, 2.45) is 0 Å². The Kier molecular flexibility index (Phi) is 7.22. The highest BCUT2D eigenvalue weighted by atomic mass is 15.0. The monoisotopic (exact) mass is 757 g/mol. The predicted molar refractivity (Wildman–Crippen MR) is 244 cm³/mol. The molecule has 0 fully saturated rings. The van der Waals surface area contributed by atoms with Gasteiger partial charge < -0.3 is 4.57 Å². The molecule has 4 nitrogen and oxygen atoms in total. The average molecular weight is 758 g/mol. The van der Waals surface area contributed by atoms with E-state index >= 15 is 0 Å². The van der Waals surface area contributed by atoms with Gasteiger partial charge in [0.15, 0.2) is 17.5 Å². The highest BCUT2D eigenvalue weighted by molar-refractivity contribution is 6.09. The molecule has 2 aromatic heterocycles. The summed E-state index contributed by atoms with van der Waals surface area (Å²) in [7, 11) is 0. The third-order valence-corrected chi connectivity index (χ3v) is 11.0. The molecule has 0 spiro atoms. The smallest absolute Gasteiger partial charge is 0.164 e. The Morgan fingerprint density at radius 2 is 0.831 bits per heavy atom. The van der Waals surface area contributed by atoms with Crippen molar-refractivity contribution in [3.05, 3.63) is 218 Å². The highest BCUT2D eigenvalue weighted by Crippen LogP contribution is 2.38. The molecule has 0 radical (unpaired) electrons. The third-order valence-electron chi connectivity index (χ3n) is 11.0. The first-order valence-corrected chi connectivity index (χ1v) is 19.5. The van der Waals surface area contributed by atoms with Crippen molar-refractivity contribution in [1.29, 1.82) is 0 Å². The van der Waals surface area contributed by atoms with Gasteiger partial charge in [0.05, 0.1) is 17.9 Å². The van der Waals surface area contributed by atoms with Gasteiger partial charge >= 0.3 is 0 Å². The number of aromatic nitrogens is 4. The molecule has 0 N–H and O–H groups in total. The predicted octanol–water partition coefficient (Wildman–Crippen LogP) is 14.1. The minimum absolute atomic E-state index is 0.186. The maximum absolute atomic E-state index is 8.48. The Hall–Kier alpha value is -7.95. The lowest BCUT2D eigenvalue weighted by atomic mass is 9.90. The lowest BCUT2D eigenvalue weighted by Gasteiger charge is -2.14. The van der Waals surface area contributed by atoms with E-state index in [9.17, 15) is 0 Å². The second kappa shape index (κ2) is 14.5. The molecule has 4 heteroatoms. The lowest BCUT2D eigenvalue weighted by molar-refractivity contribution is 1.07. The summed E-state index contributed by atoms with van der Waals surface area (Å²) in [4.78, 5) is 15.2. The highest BCUT2D eigenvalue weighted by Gasteiger charge is 2.17. The van der Waals surface area contributed by atoms with Crippen molar-refractivity contribution in [2.45, 2.75) is 0 Å². The van der Waals surface area contributed by atoms with Crippen molar-refractivity contribution < 1.29 is 6.85 Å². The molecular weight excluding hydrogens is 717 g/mol. The maximum Gasteiger partial charge on any atom is 0.164 e. The molecule has 11 rings (SSSR count). The molecule has 0 aliphatic rings. The van der Waals surface area contributed by atoms with Gasteiger partial charge in [-0.1, -0.05) is 194 Å². The number of fused-ring (bicyclic) bond motifs is 4. The van der Waals surface area contributed by atoms with Gasteiger partial charge in [0.2, 0.25) is 0 Å². The van der Waals surface area contributed by atoms with Crippen LogP contribution in [0.3, 0.4) is 0 Å². The Labute approximate surface area is 349 Å². The molecule has 0 atom stereocenters. The van der Waals surface area contributed by atoms with Gasteiger partial charge in [-0.3, -0.25) is 0 Å². The summed E-state index contributed by atoms with van der Waals surface area (Å²) in [6.07, 6.45) is 0. The van der Waals surface area contributed by atoms with Gasteiger partial charge in [-0.05, 0) is 68.4 Å². The standard InChI is InChI=1S/C55H36N4/c1-3-14-37(15-4-1)38-28-30-39(31-29-38)46-24-12-18-41-19-13-25-47(52(41)46)40-32-34-43(35-33-40)54-56-53(42-16-5-2-6-17-42)57-55(58-54)44-20-11-21-45(36-44)59-50-26-9-7-22-48(50)49-23-8-10-27-51(49)59/h1-36H/i1D,3D,4D,14D,15D. The fourth-order valence-electron chi connectivity index (χ4n) is 8.17. The molecular formula is C55H36N4. The maximum atomic E-state index is 8.48. The summed E-state index contributed by atoms with van der Waals surface area (Å²) in [6.45, 7) is 0. The fraction of sp³-hybridized carbons (Fsp3) is 0. The number of benzene rings is 9. The largest absolute Gasteiger partial charge is 0.309 e. The Morgan fingerprint density at radius 3 is 1.44 bits per heavy atom. The Balaban J connectivity index is 0.982. The molecule has 2 heterocycles. The van der Waals surface area contributed by atoms with Gasteiger partial charge in [-0.2, -0.15) is 0 Å². The van der Waals surface area contributed by atoms with E-state index in [0.717, 1.165) is 66.4 Å².